The van der Waals surface area contributed by atoms with Crippen LogP contribution in [0, 0.1) is 5.92 Å². The Bertz CT molecular complexity index is 115. The maximum absolute atomic E-state index is 10.5. The second-order valence-corrected chi connectivity index (χ2v) is 2.94. The van der Waals surface area contributed by atoms with Crippen LogP contribution in [0.2, 0.25) is 0 Å². The fraction of sp³-hybridized carbons (Fsp3) is 0.889. The fourth-order valence-electron chi connectivity index (χ4n) is 1.14. The largest absolute Gasteiger partial charge is 0.481 e. The van der Waals surface area contributed by atoms with Crippen LogP contribution >= 0.6 is 0 Å². The number of carbonyl (C=O) groups is 1. The Balaban J connectivity index is 0. The molecule has 0 aliphatic rings. The molecule has 68 valence electrons. The summed E-state index contributed by atoms with van der Waals surface area (Å²) in [6.45, 7) is 4.06. The Morgan fingerprint density at radius 3 is 2.25 bits per heavy atom. The maximum Gasteiger partial charge on any atom is 0.306 e. The third-order valence-electron chi connectivity index (χ3n) is 2.00. The van der Waals surface area contributed by atoms with Gasteiger partial charge in [0.2, 0.25) is 0 Å². The van der Waals surface area contributed by atoms with Crippen LogP contribution in [0.1, 0.15) is 46.0 Å². The van der Waals surface area contributed by atoms with Crippen molar-refractivity contribution in [3.05, 3.63) is 0 Å². The van der Waals surface area contributed by atoms with Gasteiger partial charge in [-0.05, 0) is 12.8 Å². The van der Waals surface area contributed by atoms with Gasteiger partial charge in [0, 0.05) is 19.5 Å². The van der Waals surface area contributed by atoms with Gasteiger partial charge in [-0.3, -0.25) is 4.79 Å². The van der Waals surface area contributed by atoms with Crippen LogP contribution in [0.4, 0.5) is 0 Å². The molecule has 2 nitrogen and oxygen atoms in total. The SMILES string of the molecule is CCCCCC(CC)C(=O)O.[Zn]. The van der Waals surface area contributed by atoms with Crippen molar-refractivity contribution >= 4 is 5.97 Å². The van der Waals surface area contributed by atoms with Crippen molar-refractivity contribution in [3.63, 3.8) is 0 Å². The van der Waals surface area contributed by atoms with Crippen molar-refractivity contribution < 1.29 is 29.4 Å². The van der Waals surface area contributed by atoms with Crippen molar-refractivity contribution in [1.29, 1.82) is 0 Å². The number of rotatable bonds is 6. The van der Waals surface area contributed by atoms with Gasteiger partial charge in [-0.2, -0.15) is 0 Å². The number of carboxylic acids is 1. The van der Waals surface area contributed by atoms with Crippen LogP contribution in [-0.2, 0) is 24.3 Å². The van der Waals surface area contributed by atoms with E-state index in [0.717, 1.165) is 32.1 Å². The van der Waals surface area contributed by atoms with Gasteiger partial charge in [-0.15, -0.1) is 0 Å². The van der Waals surface area contributed by atoms with Gasteiger partial charge in [-0.25, -0.2) is 0 Å². The molecule has 0 aromatic carbocycles. The molecule has 0 rings (SSSR count). The summed E-state index contributed by atoms with van der Waals surface area (Å²) < 4.78 is 0. The van der Waals surface area contributed by atoms with Crippen molar-refractivity contribution in [1.82, 2.24) is 0 Å². The Morgan fingerprint density at radius 1 is 1.33 bits per heavy atom. The van der Waals surface area contributed by atoms with Gasteiger partial charge in [0.1, 0.15) is 0 Å². The predicted molar refractivity (Wildman–Crippen MR) is 45.6 cm³/mol. The minimum Gasteiger partial charge on any atom is -0.481 e. The van der Waals surface area contributed by atoms with Gasteiger partial charge < -0.3 is 5.11 Å². The van der Waals surface area contributed by atoms with Gasteiger partial charge >= 0.3 is 5.97 Å². The van der Waals surface area contributed by atoms with Crippen molar-refractivity contribution in [2.45, 2.75) is 46.0 Å². The van der Waals surface area contributed by atoms with E-state index in [9.17, 15) is 4.79 Å². The normalized spacial score (nSPS) is 11.8. The predicted octanol–water partition coefficient (Wildman–Crippen LogP) is 2.68. The molecule has 0 bridgehead atoms. The van der Waals surface area contributed by atoms with Gasteiger partial charge in [-0.1, -0.05) is 33.1 Å². The summed E-state index contributed by atoms with van der Waals surface area (Å²) in [6, 6.07) is 0. The molecule has 0 radical (unpaired) electrons. The molecule has 0 aliphatic carbocycles. The zero-order valence-electron chi connectivity index (χ0n) is 8.18. The van der Waals surface area contributed by atoms with Crippen LogP contribution in [0.5, 0.6) is 0 Å². The number of unbranched alkanes of at least 4 members (excludes halogenated alkanes) is 2. The first kappa shape index (κ1) is 14.6. The second kappa shape index (κ2) is 9.18. The molecule has 1 unspecified atom stereocenters. The summed E-state index contributed by atoms with van der Waals surface area (Å²) in [4.78, 5) is 10.5. The third kappa shape index (κ3) is 6.78. The van der Waals surface area contributed by atoms with E-state index in [2.05, 4.69) is 6.92 Å². The Labute approximate surface area is 87.5 Å². The van der Waals surface area contributed by atoms with Crippen LogP contribution in [-0.4, -0.2) is 11.1 Å². The van der Waals surface area contributed by atoms with E-state index in [1.54, 1.807) is 0 Å². The van der Waals surface area contributed by atoms with E-state index in [1.807, 2.05) is 6.92 Å². The van der Waals surface area contributed by atoms with E-state index in [-0.39, 0.29) is 25.4 Å². The summed E-state index contributed by atoms with van der Waals surface area (Å²) in [5.74, 6) is -0.745. The molecule has 0 amide bonds. The van der Waals surface area contributed by atoms with E-state index in [0.29, 0.717) is 0 Å². The smallest absolute Gasteiger partial charge is 0.306 e. The summed E-state index contributed by atoms with van der Waals surface area (Å²) in [6.07, 6.45) is 4.99. The monoisotopic (exact) mass is 222 g/mol. The molecule has 0 aromatic heterocycles. The number of carboxylic acid groups (broad SMARTS) is 1. The van der Waals surface area contributed by atoms with Gasteiger partial charge in [0.15, 0.2) is 0 Å². The molecular formula is C9H18O2Zn. The minimum absolute atomic E-state index is 0. The Morgan fingerprint density at radius 2 is 1.92 bits per heavy atom. The summed E-state index contributed by atoms with van der Waals surface area (Å²) >= 11 is 0. The molecule has 0 aromatic rings. The standard InChI is InChI=1S/C9H18O2.Zn/c1-3-5-6-7-8(4-2)9(10)11;/h8H,3-7H2,1-2H3,(H,10,11);. The molecule has 0 heterocycles. The summed E-state index contributed by atoms with van der Waals surface area (Å²) in [5, 5.41) is 8.67. The first-order chi connectivity index (χ1) is 5.22. The van der Waals surface area contributed by atoms with Crippen molar-refractivity contribution in [3.8, 4) is 0 Å². The Hall–Kier alpha value is 0.0934. The van der Waals surface area contributed by atoms with Gasteiger partial charge in [0.25, 0.3) is 0 Å². The number of hydrogen-bond donors (Lipinski definition) is 1. The molecule has 0 saturated carbocycles. The summed E-state index contributed by atoms with van der Waals surface area (Å²) in [5.41, 5.74) is 0. The summed E-state index contributed by atoms with van der Waals surface area (Å²) in [7, 11) is 0. The van der Waals surface area contributed by atoms with E-state index >= 15 is 0 Å². The van der Waals surface area contributed by atoms with Crippen LogP contribution in [0.25, 0.3) is 0 Å². The van der Waals surface area contributed by atoms with E-state index in [1.165, 1.54) is 0 Å². The fourth-order valence-corrected chi connectivity index (χ4v) is 1.14. The molecule has 3 heteroatoms. The first-order valence-corrected chi connectivity index (χ1v) is 4.45. The first-order valence-electron chi connectivity index (χ1n) is 4.45. The average Bonchev–Trinajstić information content (AvgIpc) is 1.97. The molecule has 12 heavy (non-hydrogen) atoms. The Kier molecular flexibility index (Phi) is 11.2. The molecule has 1 atom stereocenters. The van der Waals surface area contributed by atoms with Crippen molar-refractivity contribution in [2.24, 2.45) is 5.92 Å². The quantitative estimate of drug-likeness (QED) is 0.555. The zero-order chi connectivity index (χ0) is 8.69. The maximum atomic E-state index is 10.5. The van der Waals surface area contributed by atoms with Gasteiger partial charge in [0.05, 0.1) is 5.92 Å². The average molecular weight is 224 g/mol. The number of hydrogen-bond acceptors (Lipinski definition) is 1. The topological polar surface area (TPSA) is 37.3 Å². The molecule has 0 saturated heterocycles. The number of aliphatic carboxylic acids is 1. The van der Waals surface area contributed by atoms with Crippen molar-refractivity contribution in [2.75, 3.05) is 0 Å². The van der Waals surface area contributed by atoms with Crippen LogP contribution < -0.4 is 0 Å². The second-order valence-electron chi connectivity index (χ2n) is 2.94. The molecular weight excluding hydrogens is 205 g/mol. The van der Waals surface area contributed by atoms with Crippen LogP contribution in [0.15, 0.2) is 0 Å². The van der Waals surface area contributed by atoms with E-state index in [4.69, 9.17) is 5.11 Å². The molecule has 0 spiro atoms. The third-order valence-corrected chi connectivity index (χ3v) is 2.00. The minimum atomic E-state index is -0.636. The van der Waals surface area contributed by atoms with Crippen LogP contribution in [0.3, 0.4) is 0 Å². The zero-order valence-corrected chi connectivity index (χ0v) is 11.1. The molecule has 0 fully saturated rings. The molecule has 1 N–H and O–H groups in total. The molecule has 0 aliphatic heterocycles. The van der Waals surface area contributed by atoms with E-state index < -0.39 is 5.97 Å².